The predicted molar refractivity (Wildman–Crippen MR) is 132 cm³/mol. The van der Waals surface area contributed by atoms with Gasteiger partial charge in [0, 0.05) is 59.4 Å². The Bertz CT molecular complexity index is 1610. The summed E-state index contributed by atoms with van der Waals surface area (Å²) in [5, 5.41) is 11.1. The topological polar surface area (TPSA) is 135 Å². The fraction of sp³-hybridized carbons (Fsp3) is 0.269. The number of allylic oxidation sites excluding steroid dienone is 1. The molecule has 1 aromatic heterocycles. The molecule has 3 heterocycles. The van der Waals surface area contributed by atoms with Crippen LogP contribution in [0.5, 0.6) is 0 Å². The Balaban J connectivity index is 1.71. The molecular weight excluding hydrogens is 482 g/mol. The number of Topliss-reactive ketones (excluding diaryl/α,β-unsaturated/α-hetero) is 1. The number of hydrogen-bond donors (Lipinski definition) is 2. The molecule has 0 unspecified atom stereocenters. The summed E-state index contributed by atoms with van der Waals surface area (Å²) in [7, 11) is -3.72. The molecule has 0 amide bonds. The lowest BCUT2D eigenvalue weighted by atomic mass is 9.86. The van der Waals surface area contributed by atoms with E-state index < -0.39 is 16.2 Å². The number of aryl methyl sites for hydroxylation is 1. The van der Waals surface area contributed by atoms with Gasteiger partial charge in [0.15, 0.2) is 5.78 Å². The fourth-order valence-corrected chi connectivity index (χ4v) is 5.80. The number of fused-ring (bicyclic) bond motifs is 5. The molecule has 3 aliphatic carbocycles. The molecule has 1 atom stereocenters. The third-order valence-corrected chi connectivity index (χ3v) is 7.28. The van der Waals surface area contributed by atoms with Gasteiger partial charge in [-0.3, -0.25) is 19.0 Å². The Hall–Kier alpha value is -3.76. The predicted octanol–water partition coefficient (Wildman–Crippen LogP) is 3.77. The molecule has 0 saturated heterocycles. The summed E-state index contributed by atoms with van der Waals surface area (Å²) in [5.74, 6) is 0.275. The summed E-state index contributed by atoms with van der Waals surface area (Å²) in [4.78, 5) is 25.3. The second-order valence-electron chi connectivity index (χ2n) is 9.15. The minimum Gasteiger partial charge on any atom is -0.511 e. The molecule has 184 valence electrons. The number of aromatic amines is 1. The van der Waals surface area contributed by atoms with Gasteiger partial charge in [-0.2, -0.15) is 8.42 Å². The molecule has 9 nitrogen and oxygen atoms in total. The highest BCUT2D eigenvalue weighted by Crippen LogP contribution is 2.41. The van der Waals surface area contributed by atoms with Crippen LogP contribution in [0, 0.1) is 0 Å². The number of aromatic nitrogens is 2. The molecule has 6 rings (SSSR count). The van der Waals surface area contributed by atoms with Gasteiger partial charge in [0.2, 0.25) is 0 Å². The van der Waals surface area contributed by atoms with Crippen LogP contribution < -0.4 is 0 Å². The van der Waals surface area contributed by atoms with E-state index in [4.69, 9.17) is 13.6 Å². The maximum Gasteiger partial charge on any atom is 0.265 e. The Kier molecular flexibility index (Phi) is 5.31. The molecule has 0 spiro atoms. The van der Waals surface area contributed by atoms with Gasteiger partial charge in [-0.25, -0.2) is 0 Å². The van der Waals surface area contributed by atoms with E-state index in [-0.39, 0.29) is 18.0 Å². The number of aliphatic hydroxyl groups excluding tert-OH is 1. The number of ketones is 1. The van der Waals surface area contributed by atoms with Gasteiger partial charge >= 0.3 is 0 Å². The number of nitrogens with one attached hydrogen (secondary N) is 1. The summed E-state index contributed by atoms with van der Waals surface area (Å²) in [6.45, 7) is 0.296. The third-order valence-electron chi connectivity index (χ3n) is 6.70. The van der Waals surface area contributed by atoms with Crippen molar-refractivity contribution >= 4 is 27.2 Å². The molecule has 2 aliphatic heterocycles. The molecule has 8 bridgehead atoms. The number of hydrogen-bond acceptors (Lipinski definition) is 8. The Morgan fingerprint density at radius 1 is 1.11 bits per heavy atom. The monoisotopic (exact) mass is 505 g/mol. The van der Waals surface area contributed by atoms with E-state index in [1.165, 1.54) is 6.26 Å². The van der Waals surface area contributed by atoms with E-state index in [0.29, 0.717) is 54.1 Å². The van der Waals surface area contributed by atoms with Crippen molar-refractivity contribution in [3.63, 3.8) is 0 Å². The minimum absolute atomic E-state index is 0.0311. The molecular formula is C26H23N3O6S. The van der Waals surface area contributed by atoms with Gasteiger partial charge in [-0.15, -0.1) is 0 Å². The Morgan fingerprint density at radius 3 is 2.81 bits per heavy atom. The van der Waals surface area contributed by atoms with Crippen LogP contribution in [-0.2, 0) is 27.1 Å². The highest BCUT2D eigenvalue weighted by Gasteiger charge is 2.33. The van der Waals surface area contributed by atoms with Gasteiger partial charge in [0.1, 0.15) is 23.9 Å². The van der Waals surface area contributed by atoms with Crippen molar-refractivity contribution in [2.24, 2.45) is 4.99 Å². The maximum atomic E-state index is 13.0. The van der Waals surface area contributed by atoms with Crippen LogP contribution >= 0.6 is 0 Å². The first-order chi connectivity index (χ1) is 17.3. The minimum atomic E-state index is -3.72. The lowest BCUT2D eigenvalue weighted by molar-refractivity contribution is 0.0976. The zero-order chi connectivity index (χ0) is 25.0. The average molecular weight is 506 g/mol. The van der Waals surface area contributed by atoms with E-state index in [9.17, 15) is 18.3 Å². The standard InChI is InChI=1S/C26H23N3O6S/c1-36(32,33)35-23-3-2-14-8-18-20-13-27-12-15(20)9-17(14)25(23)28-5-4-16-10-19-21(30)11-22(31)24(18)26(19)29-6-7-34-16/h6-10,12-13,23,29,31H,2-5,11H2,1H3/t23-/m0/s1. The second kappa shape index (κ2) is 8.42. The number of aliphatic imine (C=N–C) groups is 1. The quantitative estimate of drug-likeness (QED) is 0.506. The number of carbonyl (C=O) groups excluding carboxylic acids is 1. The highest BCUT2D eigenvalue weighted by atomic mass is 32.2. The van der Waals surface area contributed by atoms with E-state index in [0.717, 1.165) is 34.1 Å². The Morgan fingerprint density at radius 2 is 1.97 bits per heavy atom. The highest BCUT2D eigenvalue weighted by molar-refractivity contribution is 7.86. The van der Waals surface area contributed by atoms with Crippen LogP contribution in [-0.4, -0.2) is 53.9 Å². The lowest BCUT2D eigenvalue weighted by Crippen LogP contribution is -2.33. The zero-order valence-electron chi connectivity index (χ0n) is 19.4. The Labute approximate surface area is 207 Å². The zero-order valence-corrected chi connectivity index (χ0v) is 20.3. The number of H-pyrrole nitrogens is 1. The number of carbonyl (C=O) groups is 1. The molecule has 2 N–H and O–H groups in total. The summed E-state index contributed by atoms with van der Waals surface area (Å²) in [6, 6.07) is 5.62. The van der Waals surface area contributed by atoms with Crippen LogP contribution in [0.25, 0.3) is 16.7 Å². The largest absolute Gasteiger partial charge is 0.511 e. The van der Waals surface area contributed by atoms with Crippen molar-refractivity contribution in [1.29, 1.82) is 0 Å². The number of rotatable bonds is 2. The first-order valence-corrected chi connectivity index (χ1v) is 13.4. The number of nitrogens with zero attached hydrogens (tertiary/aromatic N) is 2. The second-order valence-corrected chi connectivity index (χ2v) is 10.7. The average Bonchev–Trinajstić information content (AvgIpc) is 3.18. The van der Waals surface area contributed by atoms with Crippen molar-refractivity contribution in [1.82, 2.24) is 9.97 Å². The van der Waals surface area contributed by atoms with Gasteiger partial charge in [-0.1, -0.05) is 0 Å². The normalized spacial score (nSPS) is 19.0. The van der Waals surface area contributed by atoms with Crippen molar-refractivity contribution < 1.29 is 26.9 Å². The van der Waals surface area contributed by atoms with Crippen LogP contribution in [0.3, 0.4) is 0 Å². The van der Waals surface area contributed by atoms with Crippen molar-refractivity contribution in [3.05, 3.63) is 82.5 Å². The smallest absolute Gasteiger partial charge is 0.265 e. The third kappa shape index (κ3) is 3.92. The molecule has 0 radical (unpaired) electrons. The van der Waals surface area contributed by atoms with E-state index in [1.54, 1.807) is 24.7 Å². The van der Waals surface area contributed by atoms with E-state index >= 15 is 0 Å². The summed E-state index contributed by atoms with van der Waals surface area (Å²) >= 11 is 0. The molecule has 36 heavy (non-hydrogen) atoms. The molecule has 1 aromatic rings. The maximum absolute atomic E-state index is 13.0. The first-order valence-electron chi connectivity index (χ1n) is 11.6. The molecule has 0 aromatic carbocycles. The molecule has 5 aliphatic rings. The summed E-state index contributed by atoms with van der Waals surface area (Å²) in [6.07, 6.45) is 8.05. The fourth-order valence-electron chi connectivity index (χ4n) is 5.19. The van der Waals surface area contributed by atoms with E-state index in [1.807, 2.05) is 12.1 Å². The molecule has 0 saturated carbocycles. The van der Waals surface area contributed by atoms with Crippen LogP contribution in [0.1, 0.15) is 51.3 Å². The van der Waals surface area contributed by atoms with Crippen molar-refractivity contribution in [2.75, 3.05) is 12.8 Å². The van der Waals surface area contributed by atoms with Crippen molar-refractivity contribution in [3.8, 4) is 11.1 Å². The summed E-state index contributed by atoms with van der Waals surface area (Å²) < 4.78 is 35.3. The van der Waals surface area contributed by atoms with Crippen LogP contribution in [0.4, 0.5) is 0 Å². The van der Waals surface area contributed by atoms with Crippen LogP contribution in [0.2, 0.25) is 0 Å². The van der Waals surface area contributed by atoms with Gasteiger partial charge < -0.3 is 14.5 Å². The van der Waals surface area contributed by atoms with Crippen LogP contribution in [0.15, 0.2) is 58.2 Å². The summed E-state index contributed by atoms with van der Waals surface area (Å²) in [5.41, 5.74) is 6.02. The van der Waals surface area contributed by atoms with Gasteiger partial charge in [0.25, 0.3) is 10.1 Å². The molecule has 0 fully saturated rings. The molecule has 10 heteroatoms. The van der Waals surface area contributed by atoms with Crippen molar-refractivity contribution in [2.45, 2.75) is 31.8 Å². The van der Waals surface area contributed by atoms with Gasteiger partial charge in [0.05, 0.1) is 24.1 Å². The SMILES string of the molecule is CS(=O)(=O)O[C@H]1CCc2cc3c4cncc-4cc2C1=NCCc1cc2c([nH]cco1)C3=C(O)CC2=O. The van der Waals surface area contributed by atoms with E-state index in [2.05, 4.69) is 9.97 Å². The first kappa shape index (κ1) is 22.7. The van der Waals surface area contributed by atoms with Gasteiger partial charge in [-0.05, 0) is 42.2 Å². The lowest BCUT2D eigenvalue weighted by Gasteiger charge is -2.25. The number of aliphatic hydroxyl groups is 1.